The molecule has 1 heterocycles. The third-order valence-electron chi connectivity index (χ3n) is 2.07. The van der Waals surface area contributed by atoms with Gasteiger partial charge in [0.2, 0.25) is 0 Å². The van der Waals surface area contributed by atoms with Crippen LogP contribution in [0.1, 0.15) is 16.1 Å². The number of halogens is 2. The molecule has 6 heteroatoms. The normalized spacial score (nSPS) is 10.8. The van der Waals surface area contributed by atoms with Gasteiger partial charge in [0.15, 0.2) is 10.4 Å². The van der Waals surface area contributed by atoms with E-state index >= 15 is 0 Å². The molecule has 1 amide bonds. The zero-order valence-corrected chi connectivity index (χ0v) is 11.4. The maximum atomic E-state index is 11.6. The van der Waals surface area contributed by atoms with Crippen molar-refractivity contribution >= 4 is 39.7 Å². The van der Waals surface area contributed by atoms with Crippen LogP contribution in [0.2, 0.25) is 5.02 Å². The topological polar surface area (TPSA) is 54.6 Å². The van der Waals surface area contributed by atoms with Crippen molar-refractivity contribution in [1.29, 1.82) is 0 Å². The molecule has 0 atom stereocenters. The number of carbonyl (C=O) groups excluding carboxylic acids is 1. The zero-order chi connectivity index (χ0) is 13.0. The van der Waals surface area contributed by atoms with Gasteiger partial charge in [-0.3, -0.25) is 4.79 Å². The monoisotopic (exact) mass is 326 g/mol. The third-order valence-corrected chi connectivity index (χ3v) is 2.84. The van der Waals surface area contributed by atoms with E-state index in [2.05, 4.69) is 26.5 Å². The van der Waals surface area contributed by atoms with Gasteiger partial charge in [0, 0.05) is 10.6 Å². The summed E-state index contributed by atoms with van der Waals surface area (Å²) in [5.74, 6) is -0.248. The van der Waals surface area contributed by atoms with Crippen LogP contribution in [0.25, 0.3) is 0 Å². The molecule has 1 aromatic heterocycles. The second-order valence-electron chi connectivity index (χ2n) is 3.32. The highest BCUT2D eigenvalue weighted by Crippen LogP contribution is 2.14. The van der Waals surface area contributed by atoms with Gasteiger partial charge in [0.25, 0.3) is 0 Å². The number of nitrogens with one attached hydrogen (secondary N) is 1. The molecule has 0 radical (unpaired) electrons. The number of hydrazone groups is 1. The Kier molecular flexibility index (Phi) is 4.17. The second-order valence-corrected chi connectivity index (χ2v) is 4.51. The van der Waals surface area contributed by atoms with Crippen LogP contribution < -0.4 is 5.43 Å². The van der Waals surface area contributed by atoms with Gasteiger partial charge in [0.05, 0.1) is 6.21 Å². The van der Waals surface area contributed by atoms with E-state index in [9.17, 15) is 4.79 Å². The van der Waals surface area contributed by atoms with Crippen molar-refractivity contribution in [3.05, 3.63) is 57.4 Å². The van der Waals surface area contributed by atoms with Gasteiger partial charge in [0.1, 0.15) is 0 Å². The van der Waals surface area contributed by atoms with E-state index in [1.54, 1.807) is 24.3 Å². The van der Waals surface area contributed by atoms with Crippen LogP contribution in [0, 0.1) is 0 Å². The lowest BCUT2D eigenvalue weighted by Gasteiger charge is -1.97. The first-order valence-corrected chi connectivity index (χ1v) is 6.17. The molecule has 0 saturated heterocycles. The number of nitrogens with zero attached hydrogens (tertiary/aromatic N) is 1. The van der Waals surface area contributed by atoms with Crippen LogP contribution in [0.3, 0.4) is 0 Å². The average Bonchev–Trinajstić information content (AvgIpc) is 2.78. The molecular weight excluding hydrogens is 320 g/mol. The molecule has 0 aliphatic carbocycles. The van der Waals surface area contributed by atoms with E-state index < -0.39 is 5.91 Å². The molecule has 2 rings (SSSR count). The second kappa shape index (κ2) is 5.84. The van der Waals surface area contributed by atoms with Crippen molar-refractivity contribution in [3.63, 3.8) is 0 Å². The largest absolute Gasteiger partial charge is 0.444 e. The fourth-order valence-electron chi connectivity index (χ4n) is 1.23. The van der Waals surface area contributed by atoms with E-state index in [0.717, 1.165) is 5.56 Å². The molecule has 1 aromatic carbocycles. The molecule has 0 aliphatic heterocycles. The van der Waals surface area contributed by atoms with Crippen molar-refractivity contribution in [1.82, 2.24) is 5.43 Å². The standard InChI is InChI=1S/C12H8BrClN2O2/c13-11-6-5-10(18-11)12(17)16-15-7-8-3-1-2-4-9(8)14/h1-7H,(H,16,17)/b15-7-. The third kappa shape index (κ3) is 3.21. The molecule has 0 unspecified atom stereocenters. The van der Waals surface area contributed by atoms with E-state index in [-0.39, 0.29) is 5.76 Å². The minimum absolute atomic E-state index is 0.179. The Morgan fingerprint density at radius 2 is 2.11 bits per heavy atom. The summed E-state index contributed by atoms with van der Waals surface area (Å²) >= 11 is 9.04. The summed E-state index contributed by atoms with van der Waals surface area (Å²) in [4.78, 5) is 11.6. The summed E-state index contributed by atoms with van der Waals surface area (Å²) in [6.07, 6.45) is 1.47. The summed E-state index contributed by atoms with van der Waals surface area (Å²) in [5.41, 5.74) is 3.07. The summed E-state index contributed by atoms with van der Waals surface area (Å²) in [6, 6.07) is 10.4. The van der Waals surface area contributed by atoms with Crippen molar-refractivity contribution in [3.8, 4) is 0 Å². The number of rotatable bonds is 3. The minimum atomic E-state index is -0.427. The molecule has 4 nitrogen and oxygen atoms in total. The number of furan rings is 1. The molecule has 0 saturated carbocycles. The highest BCUT2D eigenvalue weighted by molar-refractivity contribution is 9.10. The van der Waals surface area contributed by atoms with E-state index in [0.29, 0.717) is 9.69 Å². The minimum Gasteiger partial charge on any atom is -0.444 e. The van der Waals surface area contributed by atoms with Gasteiger partial charge in [-0.2, -0.15) is 5.10 Å². The van der Waals surface area contributed by atoms with Crippen LogP contribution in [-0.4, -0.2) is 12.1 Å². The fraction of sp³-hybridized carbons (Fsp3) is 0. The van der Waals surface area contributed by atoms with E-state index in [1.807, 2.05) is 12.1 Å². The predicted molar refractivity (Wildman–Crippen MR) is 72.9 cm³/mol. The van der Waals surface area contributed by atoms with Crippen LogP contribution in [0.4, 0.5) is 0 Å². The first-order chi connectivity index (χ1) is 8.66. The lowest BCUT2D eigenvalue weighted by atomic mass is 10.2. The first kappa shape index (κ1) is 12.9. The van der Waals surface area contributed by atoms with Crippen LogP contribution in [-0.2, 0) is 0 Å². The molecule has 0 fully saturated rings. The first-order valence-electron chi connectivity index (χ1n) is 5.00. The average molecular weight is 328 g/mol. The number of benzene rings is 1. The smallest absolute Gasteiger partial charge is 0.307 e. The summed E-state index contributed by atoms with van der Waals surface area (Å²) < 4.78 is 5.57. The van der Waals surface area contributed by atoms with Crippen LogP contribution >= 0.6 is 27.5 Å². The SMILES string of the molecule is O=C(N/N=C\c1ccccc1Cl)c1ccc(Br)o1. The zero-order valence-electron chi connectivity index (χ0n) is 9.06. The fourth-order valence-corrected chi connectivity index (χ4v) is 1.72. The summed E-state index contributed by atoms with van der Waals surface area (Å²) in [7, 11) is 0. The summed E-state index contributed by atoms with van der Waals surface area (Å²) in [6.45, 7) is 0. The van der Waals surface area contributed by atoms with Crippen molar-refractivity contribution in [2.45, 2.75) is 0 Å². The quantitative estimate of drug-likeness (QED) is 0.693. The lowest BCUT2D eigenvalue weighted by Crippen LogP contribution is -2.16. The molecule has 0 bridgehead atoms. The van der Waals surface area contributed by atoms with Gasteiger partial charge in [-0.15, -0.1) is 0 Å². The molecule has 0 aliphatic rings. The van der Waals surface area contributed by atoms with Crippen molar-refractivity contribution in [2.24, 2.45) is 5.10 Å². The number of amides is 1. The Morgan fingerprint density at radius 1 is 1.33 bits per heavy atom. The van der Waals surface area contributed by atoms with Gasteiger partial charge in [-0.1, -0.05) is 29.8 Å². The maximum absolute atomic E-state index is 11.6. The Hall–Kier alpha value is -1.59. The van der Waals surface area contributed by atoms with Crippen LogP contribution in [0.5, 0.6) is 0 Å². The van der Waals surface area contributed by atoms with Gasteiger partial charge in [-0.25, -0.2) is 5.43 Å². The van der Waals surface area contributed by atoms with E-state index in [4.69, 9.17) is 16.0 Å². The van der Waals surface area contributed by atoms with Crippen molar-refractivity contribution in [2.75, 3.05) is 0 Å². The molecule has 0 spiro atoms. The van der Waals surface area contributed by atoms with Crippen LogP contribution in [0.15, 0.2) is 50.6 Å². The van der Waals surface area contributed by atoms with Crippen molar-refractivity contribution < 1.29 is 9.21 Å². The molecule has 18 heavy (non-hydrogen) atoms. The number of carbonyl (C=O) groups is 1. The summed E-state index contributed by atoms with van der Waals surface area (Å²) in [5, 5.41) is 4.37. The molecule has 1 N–H and O–H groups in total. The molecular formula is C12H8BrClN2O2. The van der Waals surface area contributed by atoms with Gasteiger partial charge < -0.3 is 4.42 Å². The van der Waals surface area contributed by atoms with Gasteiger partial charge >= 0.3 is 5.91 Å². The Morgan fingerprint density at radius 3 is 2.78 bits per heavy atom. The Labute approximate surface area is 117 Å². The predicted octanol–water partition coefficient (Wildman–Crippen LogP) is 3.46. The highest BCUT2D eigenvalue weighted by Gasteiger charge is 2.08. The highest BCUT2D eigenvalue weighted by atomic mass is 79.9. The van der Waals surface area contributed by atoms with Gasteiger partial charge in [-0.05, 0) is 34.1 Å². The number of hydrogen-bond donors (Lipinski definition) is 1. The Balaban J connectivity index is 2.00. The maximum Gasteiger partial charge on any atom is 0.307 e. The van der Waals surface area contributed by atoms with E-state index in [1.165, 1.54) is 6.21 Å². The number of hydrogen-bond acceptors (Lipinski definition) is 3. The lowest BCUT2D eigenvalue weighted by molar-refractivity contribution is 0.0926. The Bertz CT molecular complexity index is 595. The molecule has 2 aromatic rings. The molecule has 92 valence electrons.